The largest absolute Gasteiger partial charge is 0.490 e. The molecule has 0 aromatic heterocycles. The number of amides is 2. The van der Waals surface area contributed by atoms with Crippen LogP contribution in [0.2, 0.25) is 5.02 Å². The lowest BCUT2D eigenvalue weighted by atomic mass is 10.2. The summed E-state index contributed by atoms with van der Waals surface area (Å²) in [5.74, 6) is 0.616. The molecule has 4 rings (SSSR count). The number of para-hydroxylation sites is 2. The van der Waals surface area contributed by atoms with Gasteiger partial charge in [0.15, 0.2) is 0 Å². The van der Waals surface area contributed by atoms with Crippen LogP contribution in [0.15, 0.2) is 77.7 Å². The number of halogens is 1. The van der Waals surface area contributed by atoms with Gasteiger partial charge in [0.2, 0.25) is 0 Å². The van der Waals surface area contributed by atoms with E-state index in [1.54, 1.807) is 72.8 Å². The molecule has 0 unspecified atom stereocenters. The van der Waals surface area contributed by atoms with Crippen LogP contribution in [-0.2, 0) is 11.4 Å². The van der Waals surface area contributed by atoms with E-state index in [2.05, 4.69) is 0 Å². The van der Waals surface area contributed by atoms with E-state index in [1.807, 2.05) is 0 Å². The molecule has 0 radical (unpaired) electrons. The number of ether oxygens (including phenoxy) is 2. The number of hydrogen-bond acceptors (Lipinski definition) is 7. The Bertz CT molecular complexity index is 1300. The summed E-state index contributed by atoms with van der Waals surface area (Å²) in [6.45, 7) is 0.276. The molecule has 35 heavy (non-hydrogen) atoms. The van der Waals surface area contributed by atoms with Gasteiger partial charge in [-0.1, -0.05) is 48.0 Å². The number of nitro benzene ring substituents is 1. The Morgan fingerprint density at radius 3 is 2.43 bits per heavy atom. The van der Waals surface area contributed by atoms with Crippen LogP contribution in [0.1, 0.15) is 11.1 Å². The molecule has 3 aromatic carbocycles. The molecule has 178 valence electrons. The van der Waals surface area contributed by atoms with E-state index in [1.165, 1.54) is 6.07 Å². The second kappa shape index (κ2) is 11.1. The standard InChI is InChI=1S/C25H19ClN2O6S/c26-20-6-2-4-8-22(20)33-14-13-27-24(29)23(35-25(27)30)15-17-9-11-19(12-10-17)34-16-18-5-1-3-7-21(18)28(31)32/h1-12,15H,13-14,16H2/b23-15-. The minimum atomic E-state index is -0.447. The van der Waals surface area contributed by atoms with Crippen LogP contribution in [-0.4, -0.2) is 34.1 Å². The van der Waals surface area contributed by atoms with Gasteiger partial charge in [-0.2, -0.15) is 0 Å². The first-order valence-electron chi connectivity index (χ1n) is 10.5. The number of imide groups is 1. The van der Waals surface area contributed by atoms with Crippen molar-refractivity contribution in [2.45, 2.75) is 6.61 Å². The van der Waals surface area contributed by atoms with E-state index in [4.69, 9.17) is 21.1 Å². The van der Waals surface area contributed by atoms with Crippen molar-refractivity contribution in [1.29, 1.82) is 0 Å². The van der Waals surface area contributed by atoms with Crippen molar-refractivity contribution >= 4 is 46.3 Å². The third kappa shape index (κ3) is 6.00. The summed E-state index contributed by atoms with van der Waals surface area (Å²) in [5, 5.41) is 11.2. The first-order chi connectivity index (χ1) is 16.9. The van der Waals surface area contributed by atoms with E-state index in [0.717, 1.165) is 16.7 Å². The van der Waals surface area contributed by atoms with Gasteiger partial charge in [0.1, 0.15) is 24.7 Å². The zero-order valence-corrected chi connectivity index (χ0v) is 19.8. The lowest BCUT2D eigenvalue weighted by Crippen LogP contribution is -2.32. The normalized spacial score (nSPS) is 14.4. The second-order valence-electron chi connectivity index (χ2n) is 7.36. The smallest absolute Gasteiger partial charge is 0.293 e. The summed E-state index contributed by atoms with van der Waals surface area (Å²) in [6, 6.07) is 20.2. The highest BCUT2D eigenvalue weighted by Crippen LogP contribution is 2.32. The fourth-order valence-corrected chi connectivity index (χ4v) is 4.34. The van der Waals surface area contributed by atoms with Gasteiger partial charge in [-0.15, -0.1) is 0 Å². The monoisotopic (exact) mass is 510 g/mol. The molecular weight excluding hydrogens is 492 g/mol. The average Bonchev–Trinajstić information content (AvgIpc) is 3.12. The van der Waals surface area contributed by atoms with Crippen LogP contribution >= 0.6 is 23.4 Å². The topological polar surface area (TPSA) is 99.0 Å². The van der Waals surface area contributed by atoms with Crippen molar-refractivity contribution in [1.82, 2.24) is 4.90 Å². The molecule has 3 aromatic rings. The Morgan fingerprint density at radius 2 is 1.69 bits per heavy atom. The van der Waals surface area contributed by atoms with Crippen molar-refractivity contribution in [2.24, 2.45) is 0 Å². The molecule has 0 aliphatic carbocycles. The molecule has 0 bridgehead atoms. The highest BCUT2D eigenvalue weighted by atomic mass is 35.5. The predicted molar refractivity (Wildman–Crippen MR) is 133 cm³/mol. The molecule has 0 spiro atoms. The third-order valence-corrected chi connectivity index (χ3v) is 6.26. The summed E-state index contributed by atoms with van der Waals surface area (Å²) in [4.78, 5) is 37.1. The molecule has 8 nitrogen and oxygen atoms in total. The van der Waals surface area contributed by atoms with Crippen LogP contribution in [0.5, 0.6) is 11.5 Å². The number of benzene rings is 3. The van der Waals surface area contributed by atoms with Crippen molar-refractivity contribution in [3.05, 3.63) is 104 Å². The maximum absolute atomic E-state index is 12.7. The lowest BCUT2D eigenvalue weighted by Gasteiger charge is -2.13. The lowest BCUT2D eigenvalue weighted by molar-refractivity contribution is -0.385. The van der Waals surface area contributed by atoms with Crippen LogP contribution in [0.4, 0.5) is 10.5 Å². The number of carbonyl (C=O) groups is 2. The highest BCUT2D eigenvalue weighted by Gasteiger charge is 2.34. The van der Waals surface area contributed by atoms with Crippen molar-refractivity contribution in [3.63, 3.8) is 0 Å². The number of nitrogens with zero attached hydrogens (tertiary/aromatic N) is 2. The molecule has 10 heteroatoms. The van der Waals surface area contributed by atoms with Gasteiger partial charge in [0, 0.05) is 6.07 Å². The first kappa shape index (κ1) is 24.3. The Kier molecular flexibility index (Phi) is 7.69. The minimum Gasteiger partial charge on any atom is -0.490 e. The Labute approximate surface area is 210 Å². The number of nitro groups is 1. The van der Waals surface area contributed by atoms with E-state index < -0.39 is 4.92 Å². The Hall–Kier alpha value is -3.82. The molecule has 1 aliphatic heterocycles. The summed E-state index contributed by atoms with van der Waals surface area (Å²) in [6.07, 6.45) is 1.63. The zero-order chi connectivity index (χ0) is 24.8. The predicted octanol–water partition coefficient (Wildman–Crippen LogP) is 5.94. The van der Waals surface area contributed by atoms with Crippen LogP contribution in [0.25, 0.3) is 6.08 Å². The zero-order valence-electron chi connectivity index (χ0n) is 18.3. The van der Waals surface area contributed by atoms with Gasteiger partial charge >= 0.3 is 0 Å². The highest BCUT2D eigenvalue weighted by molar-refractivity contribution is 8.18. The van der Waals surface area contributed by atoms with E-state index in [-0.39, 0.29) is 36.6 Å². The number of thioether (sulfide) groups is 1. The molecule has 2 amide bonds. The quantitative estimate of drug-likeness (QED) is 0.199. The molecule has 1 heterocycles. The summed E-state index contributed by atoms with van der Waals surface area (Å²) in [5.41, 5.74) is 1.17. The first-order valence-corrected chi connectivity index (χ1v) is 11.7. The molecule has 0 saturated carbocycles. The van der Waals surface area contributed by atoms with Gasteiger partial charge in [-0.25, -0.2) is 0 Å². The number of rotatable bonds is 9. The van der Waals surface area contributed by atoms with E-state index in [9.17, 15) is 19.7 Å². The minimum absolute atomic E-state index is 0.00267. The van der Waals surface area contributed by atoms with Crippen LogP contribution < -0.4 is 9.47 Å². The number of carbonyl (C=O) groups excluding carboxylic acids is 2. The third-order valence-electron chi connectivity index (χ3n) is 5.04. The molecule has 1 saturated heterocycles. The van der Waals surface area contributed by atoms with Gasteiger partial charge in [0.25, 0.3) is 16.8 Å². The average molecular weight is 511 g/mol. The van der Waals surface area contributed by atoms with Crippen LogP contribution in [0, 0.1) is 10.1 Å². The SMILES string of the molecule is O=C1S/C(=C\c2ccc(OCc3ccccc3[N+](=O)[O-])cc2)C(=O)N1CCOc1ccccc1Cl. The summed E-state index contributed by atoms with van der Waals surface area (Å²) < 4.78 is 11.2. The van der Waals surface area contributed by atoms with Gasteiger partial charge in [-0.05, 0) is 53.7 Å². The Morgan fingerprint density at radius 1 is 0.971 bits per heavy atom. The van der Waals surface area contributed by atoms with E-state index in [0.29, 0.717) is 32.6 Å². The molecule has 1 fully saturated rings. The van der Waals surface area contributed by atoms with Crippen molar-refractivity contribution < 1.29 is 24.0 Å². The molecule has 0 atom stereocenters. The maximum Gasteiger partial charge on any atom is 0.293 e. The van der Waals surface area contributed by atoms with Crippen molar-refractivity contribution in [2.75, 3.05) is 13.2 Å². The molecular formula is C25H19ClN2O6S. The van der Waals surface area contributed by atoms with Crippen LogP contribution in [0.3, 0.4) is 0 Å². The maximum atomic E-state index is 12.7. The Balaban J connectivity index is 1.34. The molecule has 1 aliphatic rings. The molecule has 0 N–H and O–H groups in total. The van der Waals surface area contributed by atoms with Gasteiger partial charge in [-0.3, -0.25) is 24.6 Å². The summed E-state index contributed by atoms with van der Waals surface area (Å²) >= 11 is 6.91. The second-order valence-corrected chi connectivity index (χ2v) is 8.76. The van der Waals surface area contributed by atoms with E-state index >= 15 is 0 Å². The van der Waals surface area contributed by atoms with Gasteiger partial charge in [0.05, 0.1) is 27.0 Å². The summed E-state index contributed by atoms with van der Waals surface area (Å²) in [7, 11) is 0. The van der Waals surface area contributed by atoms with Crippen molar-refractivity contribution in [3.8, 4) is 11.5 Å². The van der Waals surface area contributed by atoms with Gasteiger partial charge < -0.3 is 9.47 Å². The number of hydrogen-bond donors (Lipinski definition) is 0. The fourth-order valence-electron chi connectivity index (χ4n) is 3.29. The fraction of sp³-hybridized carbons (Fsp3) is 0.120.